The molecule has 3 heterocycles. The predicted octanol–water partition coefficient (Wildman–Crippen LogP) is 6.65. The molecule has 5 rings (SSSR count). The Morgan fingerprint density at radius 2 is 1.82 bits per heavy atom. The normalized spacial score (nSPS) is 17.1. The fourth-order valence-corrected chi connectivity index (χ4v) is 5.77. The first-order chi connectivity index (χ1) is 18.4. The van der Waals surface area contributed by atoms with E-state index in [0.29, 0.717) is 29.1 Å². The fraction of sp³-hybridized carbons (Fsp3) is 0.267. The van der Waals surface area contributed by atoms with Crippen LogP contribution < -0.4 is 15.0 Å². The third-order valence-electron chi connectivity index (χ3n) is 6.89. The highest BCUT2D eigenvalue weighted by molar-refractivity contribution is 7.80. The van der Waals surface area contributed by atoms with Gasteiger partial charge in [0.25, 0.3) is 0 Å². The van der Waals surface area contributed by atoms with Gasteiger partial charge < -0.3 is 24.3 Å². The van der Waals surface area contributed by atoms with Crippen molar-refractivity contribution in [1.82, 2.24) is 14.9 Å². The van der Waals surface area contributed by atoms with Gasteiger partial charge in [0.2, 0.25) is 0 Å². The second kappa shape index (κ2) is 11.2. The second-order valence-electron chi connectivity index (χ2n) is 9.45. The minimum absolute atomic E-state index is 0.140. The van der Waals surface area contributed by atoms with Gasteiger partial charge in [-0.15, -0.1) is 0 Å². The number of ether oxygens (including phenoxy) is 2. The van der Waals surface area contributed by atoms with Crippen molar-refractivity contribution in [2.45, 2.75) is 32.9 Å². The number of benzene rings is 2. The van der Waals surface area contributed by atoms with E-state index in [0.717, 1.165) is 28.5 Å². The summed E-state index contributed by atoms with van der Waals surface area (Å²) in [7, 11) is 1.64. The lowest BCUT2D eigenvalue weighted by Crippen LogP contribution is -2.29. The van der Waals surface area contributed by atoms with E-state index in [9.17, 15) is 0 Å². The van der Waals surface area contributed by atoms with Crippen LogP contribution in [-0.2, 0) is 4.74 Å². The van der Waals surface area contributed by atoms with Crippen LogP contribution in [-0.4, -0.2) is 35.0 Å². The third-order valence-corrected chi connectivity index (χ3v) is 7.50. The zero-order chi connectivity index (χ0) is 26.8. The van der Waals surface area contributed by atoms with Crippen LogP contribution in [0.2, 0.25) is 5.02 Å². The van der Waals surface area contributed by atoms with Crippen LogP contribution >= 0.6 is 23.8 Å². The molecule has 2 aromatic carbocycles. The molecule has 1 saturated heterocycles. The second-order valence-corrected chi connectivity index (χ2v) is 10.2. The Hall–Kier alpha value is -3.39. The average molecular weight is 547 g/mol. The van der Waals surface area contributed by atoms with E-state index >= 15 is 0 Å². The molecule has 1 N–H and O–H groups in total. The number of pyridine rings is 1. The van der Waals surface area contributed by atoms with E-state index < -0.39 is 0 Å². The summed E-state index contributed by atoms with van der Waals surface area (Å²) in [5.41, 5.74) is 7.64. The van der Waals surface area contributed by atoms with Gasteiger partial charge in [0.1, 0.15) is 12.4 Å². The molecule has 0 radical (unpaired) electrons. The monoisotopic (exact) mass is 546 g/mol. The Kier molecular flexibility index (Phi) is 7.70. The van der Waals surface area contributed by atoms with E-state index in [4.69, 9.17) is 33.3 Å². The number of thiocarbonyl (C=S) groups is 1. The Morgan fingerprint density at radius 1 is 0.974 bits per heavy atom. The Balaban J connectivity index is 1.61. The van der Waals surface area contributed by atoms with Gasteiger partial charge in [-0.25, -0.2) is 0 Å². The quantitative estimate of drug-likeness (QED) is 0.197. The Morgan fingerprint density at radius 3 is 2.53 bits per heavy atom. The van der Waals surface area contributed by atoms with Gasteiger partial charge in [-0.2, -0.15) is 0 Å². The first-order valence-corrected chi connectivity index (χ1v) is 13.4. The molecule has 0 bridgehead atoms. The largest absolute Gasteiger partial charge is 0.490 e. The highest BCUT2D eigenvalue weighted by atomic mass is 35.5. The van der Waals surface area contributed by atoms with E-state index in [1.165, 1.54) is 11.1 Å². The molecule has 1 aliphatic heterocycles. The molecule has 4 aromatic rings. The lowest BCUT2D eigenvalue weighted by atomic mass is 9.96. The highest BCUT2D eigenvalue weighted by Crippen LogP contribution is 2.45. The van der Waals surface area contributed by atoms with Crippen LogP contribution in [0.25, 0.3) is 5.69 Å². The number of hydrogen-bond acceptors (Lipinski definition) is 4. The summed E-state index contributed by atoms with van der Waals surface area (Å²) in [6.07, 6.45) is 1.82. The van der Waals surface area contributed by atoms with Crippen LogP contribution in [0.1, 0.15) is 40.3 Å². The summed E-state index contributed by atoms with van der Waals surface area (Å²) in [6.45, 7) is 7.34. The molecule has 0 aliphatic carbocycles. The minimum Gasteiger partial charge on any atom is -0.490 e. The maximum absolute atomic E-state index is 6.66. The van der Waals surface area contributed by atoms with Crippen LogP contribution in [0.15, 0.2) is 72.9 Å². The van der Waals surface area contributed by atoms with Crippen LogP contribution in [0, 0.1) is 20.8 Å². The van der Waals surface area contributed by atoms with Crippen LogP contribution in [0.3, 0.4) is 0 Å². The summed E-state index contributed by atoms with van der Waals surface area (Å²) >= 11 is 12.6. The summed E-state index contributed by atoms with van der Waals surface area (Å²) < 4.78 is 13.2. The molecular formula is C30H31ClN4O2S. The molecule has 6 nitrogen and oxygen atoms in total. The van der Waals surface area contributed by atoms with Crippen LogP contribution in [0.4, 0.5) is 5.69 Å². The van der Waals surface area contributed by atoms with Crippen molar-refractivity contribution in [2.75, 3.05) is 25.2 Å². The fourth-order valence-electron chi connectivity index (χ4n) is 5.19. The van der Waals surface area contributed by atoms with Crippen molar-refractivity contribution >= 4 is 34.6 Å². The summed E-state index contributed by atoms with van der Waals surface area (Å²) in [6, 6.07) is 22.3. The van der Waals surface area contributed by atoms with Crippen molar-refractivity contribution in [3.05, 3.63) is 106 Å². The molecule has 8 heteroatoms. The molecule has 38 heavy (non-hydrogen) atoms. The van der Waals surface area contributed by atoms with Gasteiger partial charge in [0.15, 0.2) is 5.11 Å². The number of rotatable bonds is 8. The molecule has 0 saturated carbocycles. The summed E-state index contributed by atoms with van der Waals surface area (Å²) in [5.74, 6) is 0.612. The standard InChI is InChI=1S/C30H31ClN4O2S/c1-19-8-7-9-22(16-19)34-20(2)17-24(21(34)3)29-28(26-10-5-6-13-32-26)33-30(38)35(29)23-11-12-27(25(31)18-23)37-15-14-36-4/h5-13,16-18,28-29H,14-15H2,1-4H3,(H,33,38)/t28-,29+/m0/s1. The number of methoxy groups -OCH3 is 1. The first-order valence-electron chi connectivity index (χ1n) is 12.6. The number of anilines is 1. The van der Waals surface area contributed by atoms with E-state index in [1.807, 2.05) is 42.6 Å². The Labute approximate surface area is 234 Å². The zero-order valence-electron chi connectivity index (χ0n) is 21.9. The SMILES string of the molecule is COCCOc1ccc(N2C(=S)N[C@@H](c3ccccn3)[C@H]2c2cc(C)n(-c3cccc(C)c3)c2C)cc1Cl. The van der Waals surface area contributed by atoms with Crippen molar-refractivity contribution in [3.8, 4) is 11.4 Å². The average Bonchev–Trinajstić information content (AvgIpc) is 3.40. The molecule has 2 aromatic heterocycles. The van der Waals surface area contributed by atoms with E-state index in [-0.39, 0.29) is 12.1 Å². The maximum atomic E-state index is 6.66. The van der Waals surface area contributed by atoms with E-state index in [1.54, 1.807) is 7.11 Å². The lowest BCUT2D eigenvalue weighted by molar-refractivity contribution is 0.146. The van der Waals surface area contributed by atoms with Crippen molar-refractivity contribution < 1.29 is 9.47 Å². The topological polar surface area (TPSA) is 51.6 Å². The van der Waals surface area contributed by atoms with Gasteiger partial charge in [-0.05, 0) is 92.6 Å². The van der Waals surface area contributed by atoms with E-state index in [2.05, 4.69) is 70.9 Å². The van der Waals surface area contributed by atoms with Crippen molar-refractivity contribution in [3.63, 3.8) is 0 Å². The number of aromatic nitrogens is 2. The first kappa shape index (κ1) is 26.2. The molecular weight excluding hydrogens is 516 g/mol. The van der Waals surface area contributed by atoms with Gasteiger partial charge in [0, 0.05) is 36.1 Å². The molecule has 0 spiro atoms. The molecule has 1 fully saturated rings. The summed E-state index contributed by atoms with van der Waals surface area (Å²) in [5, 5.41) is 4.68. The highest BCUT2D eigenvalue weighted by Gasteiger charge is 2.42. The lowest BCUT2D eigenvalue weighted by Gasteiger charge is -2.28. The molecule has 196 valence electrons. The van der Waals surface area contributed by atoms with Crippen molar-refractivity contribution in [1.29, 1.82) is 0 Å². The number of aryl methyl sites for hydroxylation is 2. The Bertz CT molecular complexity index is 1460. The minimum atomic E-state index is -0.147. The van der Waals surface area contributed by atoms with Crippen LogP contribution in [0.5, 0.6) is 5.75 Å². The predicted molar refractivity (Wildman–Crippen MR) is 157 cm³/mol. The number of nitrogens with one attached hydrogen (secondary N) is 1. The molecule has 1 aliphatic rings. The number of hydrogen-bond donors (Lipinski definition) is 1. The number of halogens is 1. The maximum Gasteiger partial charge on any atom is 0.174 e. The molecule has 2 atom stereocenters. The molecule has 0 unspecified atom stereocenters. The third kappa shape index (κ3) is 5.01. The van der Waals surface area contributed by atoms with Crippen molar-refractivity contribution in [2.24, 2.45) is 0 Å². The summed E-state index contributed by atoms with van der Waals surface area (Å²) in [4.78, 5) is 6.83. The molecule has 0 amide bonds. The zero-order valence-corrected chi connectivity index (χ0v) is 23.5. The number of nitrogens with zero attached hydrogens (tertiary/aromatic N) is 3. The smallest absolute Gasteiger partial charge is 0.174 e. The van der Waals surface area contributed by atoms with Gasteiger partial charge in [-0.3, -0.25) is 4.98 Å². The van der Waals surface area contributed by atoms with Gasteiger partial charge in [0.05, 0.1) is 29.4 Å². The van der Waals surface area contributed by atoms with Gasteiger partial charge >= 0.3 is 0 Å². The van der Waals surface area contributed by atoms with Gasteiger partial charge in [-0.1, -0.05) is 29.8 Å².